The zero-order valence-corrected chi connectivity index (χ0v) is 14.0. The zero-order valence-electron chi connectivity index (χ0n) is 14.0. The second-order valence-corrected chi connectivity index (χ2v) is 6.51. The molecule has 0 unspecified atom stereocenters. The average Bonchev–Trinajstić information content (AvgIpc) is 2.94. The van der Waals surface area contributed by atoms with Crippen LogP contribution >= 0.6 is 0 Å². The smallest absolute Gasteiger partial charge is 0.250 e. The van der Waals surface area contributed by atoms with Gasteiger partial charge in [-0.25, -0.2) is 0 Å². The molecule has 1 aliphatic rings. The first-order valence-corrected chi connectivity index (χ1v) is 8.23. The third-order valence-electron chi connectivity index (χ3n) is 4.51. The molecule has 0 fully saturated rings. The van der Waals surface area contributed by atoms with Crippen molar-refractivity contribution < 1.29 is 4.42 Å². The van der Waals surface area contributed by atoms with Crippen LogP contribution in [0.5, 0.6) is 0 Å². The molecule has 0 amide bonds. The third kappa shape index (κ3) is 3.92. The van der Waals surface area contributed by atoms with Crippen molar-refractivity contribution in [1.82, 2.24) is 14.4 Å². The topological polar surface area (TPSA) is 41.6 Å². The number of pyridine rings is 1. The normalized spacial score (nSPS) is 15.6. The van der Waals surface area contributed by atoms with Gasteiger partial charge in [0.2, 0.25) is 0 Å². The van der Waals surface area contributed by atoms with Crippen LogP contribution in [0.15, 0.2) is 39.9 Å². The third-order valence-corrected chi connectivity index (χ3v) is 4.51. The number of likely N-dealkylation sites (N-methyl/N-ethyl adjacent to an activating group) is 1. The molecule has 5 nitrogen and oxygen atoms in total. The molecule has 23 heavy (non-hydrogen) atoms. The molecule has 0 aromatic carbocycles. The lowest BCUT2D eigenvalue weighted by Gasteiger charge is -2.19. The predicted octanol–water partition coefficient (Wildman–Crippen LogP) is 1.60. The summed E-state index contributed by atoms with van der Waals surface area (Å²) >= 11 is 0. The minimum absolute atomic E-state index is 0.119. The maximum Gasteiger partial charge on any atom is 0.250 e. The molecule has 0 saturated heterocycles. The minimum atomic E-state index is 0.119. The van der Waals surface area contributed by atoms with E-state index in [0.717, 1.165) is 45.6 Å². The molecular formula is C18H25N3O2. The lowest BCUT2D eigenvalue weighted by Crippen LogP contribution is -2.30. The number of hydrogen-bond acceptors (Lipinski definition) is 4. The molecule has 0 spiro atoms. The predicted molar refractivity (Wildman–Crippen MR) is 90.6 cm³/mol. The summed E-state index contributed by atoms with van der Waals surface area (Å²) in [6.07, 6.45) is 5.46. The number of furan rings is 1. The largest absolute Gasteiger partial charge is 0.472 e. The van der Waals surface area contributed by atoms with Crippen LogP contribution < -0.4 is 5.56 Å². The maximum atomic E-state index is 12.3. The van der Waals surface area contributed by atoms with Gasteiger partial charge in [-0.1, -0.05) is 6.07 Å². The fourth-order valence-electron chi connectivity index (χ4n) is 3.19. The summed E-state index contributed by atoms with van der Waals surface area (Å²) in [7, 11) is 4.08. The highest BCUT2D eigenvalue weighted by atomic mass is 16.3. The molecule has 3 rings (SSSR count). The number of fused-ring (bicyclic) bond motifs is 1. The van der Waals surface area contributed by atoms with Crippen LogP contribution in [0.25, 0.3) is 0 Å². The molecule has 0 aliphatic carbocycles. The Hall–Kier alpha value is -1.85. The summed E-state index contributed by atoms with van der Waals surface area (Å²) < 4.78 is 7.13. The van der Waals surface area contributed by atoms with Crippen LogP contribution in [0.3, 0.4) is 0 Å². The van der Waals surface area contributed by atoms with Crippen LogP contribution in [0, 0.1) is 0 Å². The van der Waals surface area contributed by atoms with Gasteiger partial charge in [0.15, 0.2) is 0 Å². The Morgan fingerprint density at radius 1 is 1.17 bits per heavy atom. The summed E-state index contributed by atoms with van der Waals surface area (Å²) in [4.78, 5) is 16.8. The lowest BCUT2D eigenvalue weighted by atomic mass is 10.1. The Morgan fingerprint density at radius 2 is 2.00 bits per heavy atom. The van der Waals surface area contributed by atoms with Crippen molar-refractivity contribution >= 4 is 0 Å². The number of rotatable bonds is 5. The van der Waals surface area contributed by atoms with Gasteiger partial charge in [-0.15, -0.1) is 0 Å². The van der Waals surface area contributed by atoms with E-state index in [-0.39, 0.29) is 5.56 Å². The highest BCUT2D eigenvalue weighted by molar-refractivity contribution is 5.23. The molecular weight excluding hydrogens is 290 g/mol. The Kier molecular flexibility index (Phi) is 4.98. The van der Waals surface area contributed by atoms with Gasteiger partial charge in [0, 0.05) is 56.5 Å². The molecule has 1 aliphatic heterocycles. The summed E-state index contributed by atoms with van der Waals surface area (Å²) in [6.45, 7) is 4.55. The first kappa shape index (κ1) is 16.0. The monoisotopic (exact) mass is 315 g/mol. The quantitative estimate of drug-likeness (QED) is 0.840. The van der Waals surface area contributed by atoms with E-state index < -0.39 is 0 Å². The van der Waals surface area contributed by atoms with Crippen LogP contribution in [0.2, 0.25) is 0 Å². The minimum Gasteiger partial charge on any atom is -0.472 e. The molecule has 0 radical (unpaired) electrons. The van der Waals surface area contributed by atoms with E-state index in [1.54, 1.807) is 12.3 Å². The Labute approximate surface area is 137 Å². The van der Waals surface area contributed by atoms with Crippen LogP contribution in [-0.4, -0.2) is 48.1 Å². The summed E-state index contributed by atoms with van der Waals surface area (Å²) in [5, 5.41) is 0. The van der Waals surface area contributed by atoms with Gasteiger partial charge < -0.3 is 13.9 Å². The van der Waals surface area contributed by atoms with Crippen LogP contribution in [0.4, 0.5) is 0 Å². The molecule has 2 aromatic heterocycles. The van der Waals surface area contributed by atoms with E-state index in [4.69, 9.17) is 4.42 Å². The van der Waals surface area contributed by atoms with Crippen molar-refractivity contribution in [3.8, 4) is 0 Å². The Morgan fingerprint density at radius 3 is 2.74 bits per heavy atom. The fourth-order valence-corrected chi connectivity index (χ4v) is 3.19. The first-order valence-electron chi connectivity index (χ1n) is 8.23. The van der Waals surface area contributed by atoms with Crippen molar-refractivity contribution in [2.45, 2.75) is 25.9 Å². The maximum absolute atomic E-state index is 12.3. The van der Waals surface area contributed by atoms with E-state index >= 15 is 0 Å². The molecule has 0 N–H and O–H groups in total. The van der Waals surface area contributed by atoms with Gasteiger partial charge in [-0.2, -0.15) is 0 Å². The molecule has 0 saturated carbocycles. The van der Waals surface area contributed by atoms with Gasteiger partial charge in [0.1, 0.15) is 0 Å². The number of aromatic nitrogens is 1. The fraction of sp³-hybridized carbons (Fsp3) is 0.500. The molecule has 3 heterocycles. The molecule has 0 bridgehead atoms. The number of nitrogens with zero attached hydrogens (tertiary/aromatic N) is 3. The second kappa shape index (κ2) is 7.15. The average molecular weight is 315 g/mol. The Balaban J connectivity index is 1.76. The lowest BCUT2D eigenvalue weighted by molar-refractivity contribution is 0.277. The van der Waals surface area contributed by atoms with E-state index in [1.165, 1.54) is 16.8 Å². The second-order valence-electron chi connectivity index (χ2n) is 6.51. The summed E-state index contributed by atoms with van der Waals surface area (Å²) in [5.41, 5.74) is 3.86. The van der Waals surface area contributed by atoms with Crippen molar-refractivity contribution in [2.75, 3.05) is 33.7 Å². The standard InChI is InChI=1S/C18H25N3O2/c1-19(2)10-11-21-17-6-9-20(13-15-7-12-23-14-15)8-5-16(17)3-4-18(21)22/h3-4,7,12,14H,5-6,8-11,13H2,1-2H3. The molecule has 2 aromatic rings. The SMILES string of the molecule is CN(C)CCn1c2c(ccc1=O)CCN(Cc1ccoc1)CC2. The van der Waals surface area contributed by atoms with Gasteiger partial charge in [-0.3, -0.25) is 9.69 Å². The van der Waals surface area contributed by atoms with Crippen LogP contribution in [0.1, 0.15) is 16.8 Å². The van der Waals surface area contributed by atoms with Gasteiger partial charge in [0.05, 0.1) is 12.5 Å². The van der Waals surface area contributed by atoms with E-state index in [1.807, 2.05) is 37.1 Å². The zero-order chi connectivity index (χ0) is 16.2. The van der Waals surface area contributed by atoms with E-state index in [0.29, 0.717) is 0 Å². The van der Waals surface area contributed by atoms with Crippen LogP contribution in [-0.2, 0) is 25.9 Å². The summed E-state index contributed by atoms with van der Waals surface area (Å²) in [6, 6.07) is 5.76. The summed E-state index contributed by atoms with van der Waals surface area (Å²) in [5.74, 6) is 0. The van der Waals surface area contributed by atoms with Gasteiger partial charge in [-0.05, 0) is 32.1 Å². The van der Waals surface area contributed by atoms with E-state index in [9.17, 15) is 4.79 Å². The highest BCUT2D eigenvalue weighted by Gasteiger charge is 2.18. The molecule has 124 valence electrons. The Bertz CT molecular complexity index is 689. The highest BCUT2D eigenvalue weighted by Crippen LogP contribution is 2.16. The van der Waals surface area contributed by atoms with Gasteiger partial charge >= 0.3 is 0 Å². The van der Waals surface area contributed by atoms with Crippen molar-refractivity contribution in [1.29, 1.82) is 0 Å². The van der Waals surface area contributed by atoms with Crippen molar-refractivity contribution in [2.24, 2.45) is 0 Å². The number of hydrogen-bond donors (Lipinski definition) is 0. The van der Waals surface area contributed by atoms with E-state index in [2.05, 4.69) is 9.80 Å². The van der Waals surface area contributed by atoms with Crippen molar-refractivity contribution in [3.63, 3.8) is 0 Å². The van der Waals surface area contributed by atoms with Crippen molar-refractivity contribution in [3.05, 3.63) is 57.9 Å². The van der Waals surface area contributed by atoms with Gasteiger partial charge in [0.25, 0.3) is 5.56 Å². The molecule has 0 atom stereocenters. The first-order chi connectivity index (χ1) is 11.1. The molecule has 5 heteroatoms.